The van der Waals surface area contributed by atoms with Crippen LogP contribution >= 0.6 is 0 Å². The molecule has 0 aliphatic heterocycles. The Labute approximate surface area is 94.0 Å². The molecule has 1 aromatic heterocycles. The van der Waals surface area contributed by atoms with Crippen LogP contribution in [0.2, 0.25) is 0 Å². The third-order valence-corrected chi connectivity index (χ3v) is 1.95. The number of aromatic nitrogens is 1. The topological polar surface area (TPSA) is 56.3 Å². The summed E-state index contributed by atoms with van der Waals surface area (Å²) in [5.74, 6) is -0.609. The van der Waals surface area contributed by atoms with Crippen LogP contribution in [0.1, 0.15) is 23.7 Å². The number of carbonyl (C=O) groups excluding carboxylic acids is 2. The predicted octanol–water partition coefficient (Wildman–Crippen LogP) is 1.77. The summed E-state index contributed by atoms with van der Waals surface area (Å²) in [6.45, 7) is 5.58. The molecule has 1 heterocycles. The van der Waals surface area contributed by atoms with E-state index >= 15 is 0 Å². The standard InChI is InChI=1S/C12H13NO3/c1-3-16-9(2)11(14)8-12(15)10-4-6-13-7-5-10/h4-7H,2-3,8H2,1H3. The molecular formula is C12H13NO3. The van der Waals surface area contributed by atoms with E-state index in [0.29, 0.717) is 12.2 Å². The molecule has 0 spiro atoms. The zero-order valence-electron chi connectivity index (χ0n) is 9.10. The van der Waals surface area contributed by atoms with Crippen molar-refractivity contribution in [2.24, 2.45) is 0 Å². The lowest BCUT2D eigenvalue weighted by atomic mass is 10.1. The molecule has 0 saturated carbocycles. The summed E-state index contributed by atoms with van der Waals surface area (Å²) in [7, 11) is 0. The van der Waals surface area contributed by atoms with Crippen LogP contribution in [0.15, 0.2) is 36.9 Å². The molecule has 0 bridgehead atoms. The Morgan fingerprint density at radius 1 is 1.38 bits per heavy atom. The number of hydrogen-bond donors (Lipinski definition) is 0. The van der Waals surface area contributed by atoms with Gasteiger partial charge in [0.05, 0.1) is 13.0 Å². The van der Waals surface area contributed by atoms with Crippen LogP contribution in [0.4, 0.5) is 0 Å². The Morgan fingerprint density at radius 3 is 2.56 bits per heavy atom. The number of hydrogen-bond acceptors (Lipinski definition) is 4. The Kier molecular flexibility index (Phi) is 4.39. The first-order valence-electron chi connectivity index (χ1n) is 4.93. The summed E-state index contributed by atoms with van der Waals surface area (Å²) in [5.41, 5.74) is 0.465. The van der Waals surface area contributed by atoms with Crippen LogP contribution in [0.25, 0.3) is 0 Å². The van der Waals surface area contributed by atoms with E-state index < -0.39 is 0 Å². The van der Waals surface area contributed by atoms with Crippen LogP contribution in [0, 0.1) is 0 Å². The van der Waals surface area contributed by atoms with Crippen molar-refractivity contribution < 1.29 is 14.3 Å². The molecule has 0 unspecified atom stereocenters. The smallest absolute Gasteiger partial charge is 0.204 e. The highest BCUT2D eigenvalue weighted by Gasteiger charge is 2.14. The minimum Gasteiger partial charge on any atom is -0.491 e. The van der Waals surface area contributed by atoms with Gasteiger partial charge in [-0.05, 0) is 19.1 Å². The number of allylic oxidation sites excluding steroid dienone is 1. The van der Waals surface area contributed by atoms with Gasteiger partial charge in [0, 0.05) is 18.0 Å². The van der Waals surface area contributed by atoms with E-state index in [1.165, 1.54) is 12.4 Å². The number of ether oxygens (including phenoxy) is 1. The van der Waals surface area contributed by atoms with Crippen molar-refractivity contribution in [3.05, 3.63) is 42.4 Å². The van der Waals surface area contributed by atoms with E-state index in [4.69, 9.17) is 4.74 Å². The third-order valence-electron chi connectivity index (χ3n) is 1.95. The second kappa shape index (κ2) is 5.80. The van der Waals surface area contributed by atoms with Crippen molar-refractivity contribution in [3.63, 3.8) is 0 Å². The molecule has 0 aromatic carbocycles. The molecule has 0 radical (unpaired) electrons. The van der Waals surface area contributed by atoms with E-state index in [1.54, 1.807) is 19.1 Å². The van der Waals surface area contributed by atoms with Crippen molar-refractivity contribution in [1.29, 1.82) is 0 Å². The predicted molar refractivity (Wildman–Crippen MR) is 59.0 cm³/mol. The van der Waals surface area contributed by atoms with Gasteiger partial charge >= 0.3 is 0 Å². The molecule has 0 fully saturated rings. The Hall–Kier alpha value is -1.97. The van der Waals surface area contributed by atoms with E-state index in [1.807, 2.05) is 0 Å². The molecule has 0 saturated heterocycles. The van der Waals surface area contributed by atoms with Crippen molar-refractivity contribution in [3.8, 4) is 0 Å². The van der Waals surface area contributed by atoms with Gasteiger partial charge in [0.2, 0.25) is 5.78 Å². The van der Waals surface area contributed by atoms with E-state index in [9.17, 15) is 9.59 Å². The maximum atomic E-state index is 11.6. The van der Waals surface area contributed by atoms with Crippen molar-refractivity contribution in [1.82, 2.24) is 4.98 Å². The van der Waals surface area contributed by atoms with Gasteiger partial charge in [0.1, 0.15) is 0 Å². The minimum atomic E-state index is -0.385. The van der Waals surface area contributed by atoms with Gasteiger partial charge in [-0.15, -0.1) is 0 Å². The summed E-state index contributed by atoms with van der Waals surface area (Å²) in [4.78, 5) is 26.9. The average Bonchev–Trinajstić information content (AvgIpc) is 2.30. The fourth-order valence-electron chi connectivity index (χ4n) is 1.14. The SMILES string of the molecule is C=C(OCC)C(=O)CC(=O)c1ccncc1. The second-order valence-electron chi connectivity index (χ2n) is 3.12. The van der Waals surface area contributed by atoms with Gasteiger partial charge < -0.3 is 4.74 Å². The first kappa shape index (κ1) is 12.1. The second-order valence-corrected chi connectivity index (χ2v) is 3.12. The van der Waals surface area contributed by atoms with Crippen LogP contribution in [0.5, 0.6) is 0 Å². The fourth-order valence-corrected chi connectivity index (χ4v) is 1.14. The zero-order valence-corrected chi connectivity index (χ0v) is 9.10. The van der Waals surface area contributed by atoms with Gasteiger partial charge in [0.25, 0.3) is 0 Å². The molecule has 0 aliphatic carbocycles. The lowest BCUT2D eigenvalue weighted by molar-refractivity contribution is -0.117. The maximum absolute atomic E-state index is 11.6. The molecule has 1 aromatic rings. The average molecular weight is 219 g/mol. The summed E-state index contributed by atoms with van der Waals surface area (Å²) in [5, 5.41) is 0. The van der Waals surface area contributed by atoms with Crippen molar-refractivity contribution >= 4 is 11.6 Å². The first-order chi connectivity index (χ1) is 7.65. The summed E-state index contributed by atoms with van der Waals surface area (Å²) in [6.07, 6.45) is 2.80. The highest BCUT2D eigenvalue weighted by Crippen LogP contribution is 2.06. The van der Waals surface area contributed by atoms with Gasteiger partial charge in [0.15, 0.2) is 11.5 Å². The first-order valence-corrected chi connectivity index (χ1v) is 4.93. The normalized spacial score (nSPS) is 9.56. The summed E-state index contributed by atoms with van der Waals surface area (Å²) < 4.78 is 4.93. The lowest BCUT2D eigenvalue weighted by Crippen LogP contribution is -2.11. The Balaban J connectivity index is 2.59. The van der Waals surface area contributed by atoms with Gasteiger partial charge in [-0.25, -0.2) is 0 Å². The zero-order chi connectivity index (χ0) is 12.0. The monoisotopic (exact) mass is 219 g/mol. The molecule has 0 aliphatic rings. The molecule has 84 valence electrons. The van der Waals surface area contributed by atoms with E-state index in [0.717, 1.165) is 0 Å². The number of rotatable bonds is 6. The molecular weight excluding hydrogens is 206 g/mol. The van der Waals surface area contributed by atoms with Crippen LogP contribution in [-0.2, 0) is 9.53 Å². The number of pyridine rings is 1. The Morgan fingerprint density at radius 2 is 2.00 bits per heavy atom. The molecule has 4 heteroatoms. The summed E-state index contributed by atoms with van der Waals surface area (Å²) in [6, 6.07) is 3.14. The molecule has 1 rings (SSSR count). The number of nitrogens with zero attached hydrogens (tertiary/aromatic N) is 1. The van der Waals surface area contributed by atoms with Gasteiger partial charge in [-0.2, -0.15) is 0 Å². The van der Waals surface area contributed by atoms with Gasteiger partial charge in [-0.1, -0.05) is 6.58 Å². The van der Waals surface area contributed by atoms with E-state index in [-0.39, 0.29) is 23.7 Å². The van der Waals surface area contributed by atoms with Crippen LogP contribution in [0.3, 0.4) is 0 Å². The number of ketones is 2. The molecule has 4 nitrogen and oxygen atoms in total. The highest BCUT2D eigenvalue weighted by atomic mass is 16.5. The molecule has 0 atom stereocenters. The number of Topliss-reactive ketones (excluding diaryl/α,β-unsaturated/α-hetero) is 2. The van der Waals surface area contributed by atoms with Crippen molar-refractivity contribution in [2.75, 3.05) is 6.61 Å². The molecule has 16 heavy (non-hydrogen) atoms. The van der Waals surface area contributed by atoms with Crippen LogP contribution in [-0.4, -0.2) is 23.2 Å². The highest BCUT2D eigenvalue weighted by molar-refractivity contribution is 6.12. The minimum absolute atomic E-state index is 0.0323. The quantitative estimate of drug-likeness (QED) is 0.316. The largest absolute Gasteiger partial charge is 0.491 e. The lowest BCUT2D eigenvalue weighted by Gasteiger charge is -2.04. The van der Waals surface area contributed by atoms with Crippen molar-refractivity contribution in [2.45, 2.75) is 13.3 Å². The third kappa shape index (κ3) is 3.31. The molecule has 0 N–H and O–H groups in total. The van der Waals surface area contributed by atoms with E-state index in [2.05, 4.69) is 11.6 Å². The Bertz CT molecular complexity index is 398. The number of carbonyl (C=O) groups is 2. The maximum Gasteiger partial charge on any atom is 0.204 e. The van der Waals surface area contributed by atoms with Crippen LogP contribution < -0.4 is 0 Å². The molecule has 0 amide bonds. The fraction of sp³-hybridized carbons (Fsp3) is 0.250. The summed E-state index contributed by atoms with van der Waals surface area (Å²) >= 11 is 0. The van der Waals surface area contributed by atoms with Gasteiger partial charge in [-0.3, -0.25) is 14.6 Å².